The lowest BCUT2D eigenvalue weighted by Gasteiger charge is -2.37. The van der Waals surface area contributed by atoms with E-state index in [2.05, 4.69) is 10.6 Å². The van der Waals surface area contributed by atoms with E-state index >= 15 is 0 Å². The fraction of sp³-hybridized carbons (Fsp3) is 0.200. The summed E-state index contributed by atoms with van der Waals surface area (Å²) < 4.78 is 3.65. The van der Waals surface area contributed by atoms with Crippen molar-refractivity contribution >= 4 is 5.91 Å². The van der Waals surface area contributed by atoms with Crippen LogP contribution in [-0.4, -0.2) is 26.5 Å². The Morgan fingerprint density at radius 2 is 1.80 bits per heavy atom. The largest absolute Gasteiger partial charge is 0.348 e. The Morgan fingerprint density at radius 3 is 2.56 bits per heavy atom. The van der Waals surface area contributed by atoms with Crippen molar-refractivity contribution in [3.8, 4) is 0 Å². The molecule has 25 heavy (non-hydrogen) atoms. The number of rotatable bonds is 2. The van der Waals surface area contributed by atoms with Crippen LogP contribution in [0.2, 0.25) is 0 Å². The number of nitrogens with zero attached hydrogens (tertiary/aromatic N) is 3. The van der Waals surface area contributed by atoms with Crippen molar-refractivity contribution in [2.24, 2.45) is 7.05 Å². The average molecular weight is 333 g/mol. The number of carbonyl (C=O) groups excluding carboxylic acids is 1. The molecular weight excluding hydrogens is 314 g/mol. The van der Waals surface area contributed by atoms with Gasteiger partial charge in [-0.1, -0.05) is 30.3 Å². The van der Waals surface area contributed by atoms with Crippen LogP contribution in [-0.2, 0) is 13.6 Å². The highest BCUT2D eigenvalue weighted by atomic mass is 16.2. The molecule has 0 saturated carbocycles. The van der Waals surface area contributed by atoms with Gasteiger partial charge < -0.3 is 14.0 Å². The van der Waals surface area contributed by atoms with E-state index in [1.807, 2.05) is 47.5 Å². The Morgan fingerprint density at radius 1 is 1.00 bits per heavy atom. The first-order chi connectivity index (χ1) is 12.1. The maximum atomic E-state index is 13.1. The smallest absolute Gasteiger partial charge is 0.255 e. The van der Waals surface area contributed by atoms with Gasteiger partial charge >= 0.3 is 0 Å². The van der Waals surface area contributed by atoms with E-state index in [-0.39, 0.29) is 17.5 Å². The first kappa shape index (κ1) is 15.4. The summed E-state index contributed by atoms with van der Waals surface area (Å²) in [6.07, 6.45) is 3.69. The maximum Gasteiger partial charge on any atom is 0.255 e. The number of carbonyl (C=O) groups is 1. The van der Waals surface area contributed by atoms with E-state index in [0.29, 0.717) is 12.1 Å². The second-order valence-corrected chi connectivity index (χ2v) is 6.30. The second-order valence-electron chi connectivity index (χ2n) is 6.30. The van der Waals surface area contributed by atoms with Gasteiger partial charge in [-0.25, -0.2) is 0 Å². The number of amides is 1. The number of fused-ring (bicyclic) bond motifs is 1. The zero-order valence-electron chi connectivity index (χ0n) is 14.0. The first-order valence-corrected chi connectivity index (χ1v) is 8.33. The van der Waals surface area contributed by atoms with Crippen LogP contribution in [0.5, 0.6) is 0 Å². The van der Waals surface area contributed by atoms with Gasteiger partial charge in [-0.3, -0.25) is 9.59 Å². The second kappa shape index (κ2) is 6.09. The van der Waals surface area contributed by atoms with E-state index in [9.17, 15) is 9.59 Å². The van der Waals surface area contributed by atoms with Crippen LogP contribution >= 0.6 is 0 Å². The highest BCUT2D eigenvalue weighted by Gasteiger charge is 2.32. The molecule has 1 aliphatic heterocycles. The third-order valence-electron chi connectivity index (χ3n) is 4.77. The summed E-state index contributed by atoms with van der Waals surface area (Å²) in [5.41, 5.74) is 2.42. The van der Waals surface area contributed by atoms with E-state index in [0.717, 1.165) is 17.8 Å². The molecule has 1 aromatic carbocycles. The standard InChI is InChI=1S/C20H19N3O2/c1-21-11-9-16(14-18(21)24)20(25)23-13-12-22-10-5-8-17(22)19(23)15-6-3-2-4-7-15/h2-11,14,19H,12-13H2,1H3. The van der Waals surface area contributed by atoms with Crippen molar-refractivity contribution < 1.29 is 4.79 Å². The van der Waals surface area contributed by atoms with Gasteiger partial charge in [0.25, 0.3) is 11.5 Å². The topological polar surface area (TPSA) is 47.2 Å². The van der Waals surface area contributed by atoms with Crippen molar-refractivity contribution in [2.45, 2.75) is 12.6 Å². The summed E-state index contributed by atoms with van der Waals surface area (Å²) >= 11 is 0. The summed E-state index contributed by atoms with van der Waals surface area (Å²) in [5, 5.41) is 0. The molecule has 3 heterocycles. The van der Waals surface area contributed by atoms with E-state index in [4.69, 9.17) is 0 Å². The number of hydrogen-bond acceptors (Lipinski definition) is 2. The van der Waals surface area contributed by atoms with Crippen LogP contribution in [0.15, 0.2) is 71.8 Å². The van der Waals surface area contributed by atoms with Gasteiger partial charge in [-0.2, -0.15) is 0 Å². The van der Waals surface area contributed by atoms with Crippen LogP contribution in [0, 0.1) is 0 Å². The number of aromatic nitrogens is 2. The molecule has 4 rings (SSSR count). The third kappa shape index (κ3) is 2.67. The summed E-state index contributed by atoms with van der Waals surface area (Å²) in [5.74, 6) is -0.112. The molecule has 2 aromatic heterocycles. The van der Waals surface area contributed by atoms with E-state index < -0.39 is 0 Å². The third-order valence-corrected chi connectivity index (χ3v) is 4.77. The summed E-state index contributed by atoms with van der Waals surface area (Å²) in [4.78, 5) is 26.9. The fourth-order valence-electron chi connectivity index (χ4n) is 3.44. The summed E-state index contributed by atoms with van der Waals surface area (Å²) in [6.45, 7) is 1.36. The van der Waals surface area contributed by atoms with Gasteiger partial charge in [0, 0.05) is 49.9 Å². The molecule has 0 spiro atoms. The van der Waals surface area contributed by atoms with Crippen LogP contribution in [0.3, 0.4) is 0 Å². The maximum absolute atomic E-state index is 13.1. The molecule has 1 amide bonds. The Bertz CT molecular complexity index is 972. The lowest BCUT2D eigenvalue weighted by atomic mass is 9.99. The highest BCUT2D eigenvalue weighted by molar-refractivity contribution is 5.94. The number of aryl methyl sites for hydroxylation is 1. The minimum absolute atomic E-state index is 0.112. The number of benzene rings is 1. The molecular formula is C20H19N3O2. The van der Waals surface area contributed by atoms with Crippen LogP contribution in [0.25, 0.3) is 0 Å². The molecule has 0 radical (unpaired) electrons. The normalized spacial score (nSPS) is 16.5. The van der Waals surface area contributed by atoms with Gasteiger partial charge in [0.1, 0.15) is 0 Å². The van der Waals surface area contributed by atoms with Gasteiger partial charge in [-0.05, 0) is 23.8 Å². The predicted molar refractivity (Wildman–Crippen MR) is 95.4 cm³/mol. The fourth-order valence-corrected chi connectivity index (χ4v) is 3.44. The first-order valence-electron chi connectivity index (χ1n) is 8.33. The SMILES string of the molecule is Cn1ccc(C(=O)N2CCn3cccc3C2c2ccccc2)cc1=O. The lowest BCUT2D eigenvalue weighted by molar-refractivity contribution is 0.0663. The molecule has 0 fully saturated rings. The molecule has 0 N–H and O–H groups in total. The molecule has 126 valence electrons. The summed E-state index contributed by atoms with van der Waals surface area (Å²) in [7, 11) is 1.68. The van der Waals surface area contributed by atoms with E-state index in [1.165, 1.54) is 10.6 Å². The monoisotopic (exact) mass is 333 g/mol. The molecule has 3 aromatic rings. The van der Waals surface area contributed by atoms with Crippen LogP contribution < -0.4 is 5.56 Å². The lowest BCUT2D eigenvalue weighted by Crippen LogP contribution is -2.42. The molecule has 0 saturated heterocycles. The molecule has 0 bridgehead atoms. The van der Waals surface area contributed by atoms with Crippen LogP contribution in [0.4, 0.5) is 0 Å². The minimum Gasteiger partial charge on any atom is -0.348 e. The van der Waals surface area contributed by atoms with Gasteiger partial charge in [0.2, 0.25) is 0 Å². The molecule has 1 atom stereocenters. The average Bonchev–Trinajstić information content (AvgIpc) is 3.12. The molecule has 5 nitrogen and oxygen atoms in total. The number of hydrogen-bond donors (Lipinski definition) is 0. The van der Waals surface area contributed by atoms with Crippen molar-refractivity contribution in [3.63, 3.8) is 0 Å². The Kier molecular flexibility index (Phi) is 3.76. The Labute approximate surface area is 145 Å². The van der Waals surface area contributed by atoms with Crippen molar-refractivity contribution in [1.29, 1.82) is 0 Å². The van der Waals surface area contributed by atoms with Crippen molar-refractivity contribution in [3.05, 3.63) is 94.2 Å². The van der Waals surface area contributed by atoms with E-state index in [1.54, 1.807) is 19.3 Å². The molecule has 1 unspecified atom stereocenters. The van der Waals surface area contributed by atoms with Gasteiger partial charge in [0.05, 0.1) is 6.04 Å². The number of pyridine rings is 1. The molecule has 0 aliphatic carbocycles. The minimum atomic E-state index is -0.178. The van der Waals surface area contributed by atoms with Gasteiger partial charge in [-0.15, -0.1) is 0 Å². The zero-order chi connectivity index (χ0) is 17.4. The van der Waals surface area contributed by atoms with Crippen molar-refractivity contribution in [2.75, 3.05) is 6.54 Å². The molecule has 5 heteroatoms. The summed E-state index contributed by atoms with van der Waals surface area (Å²) in [6, 6.07) is 17.1. The Balaban J connectivity index is 1.78. The zero-order valence-corrected chi connectivity index (χ0v) is 14.0. The van der Waals surface area contributed by atoms with Crippen molar-refractivity contribution in [1.82, 2.24) is 14.0 Å². The van der Waals surface area contributed by atoms with Gasteiger partial charge in [0.15, 0.2) is 0 Å². The highest BCUT2D eigenvalue weighted by Crippen LogP contribution is 2.33. The quantitative estimate of drug-likeness (QED) is 0.723. The Hall–Kier alpha value is -3.08. The van der Waals surface area contributed by atoms with Crippen LogP contribution in [0.1, 0.15) is 27.7 Å². The predicted octanol–water partition coefficient (Wildman–Crippen LogP) is 2.43. The molecule has 1 aliphatic rings.